The zero-order valence-corrected chi connectivity index (χ0v) is 9.50. The first-order valence-corrected chi connectivity index (χ1v) is 5.88. The standard InChI is InChI=1S/C14H13N3/c15-8-6-11-2-1-3-13(10-11)17-14(7-9-16-17)12-4-5-12/h1-3,7,9-10,12H,4-6H2. The molecule has 3 rings (SSSR count). The maximum Gasteiger partial charge on any atom is 0.0669 e. The molecule has 0 N–H and O–H groups in total. The summed E-state index contributed by atoms with van der Waals surface area (Å²) in [6, 6.07) is 12.3. The maximum absolute atomic E-state index is 8.72. The second-order valence-corrected chi connectivity index (χ2v) is 4.45. The van der Waals surface area contributed by atoms with Crippen molar-refractivity contribution >= 4 is 0 Å². The summed E-state index contributed by atoms with van der Waals surface area (Å²) in [5, 5.41) is 13.1. The third kappa shape index (κ3) is 1.94. The van der Waals surface area contributed by atoms with Crippen LogP contribution in [0.15, 0.2) is 36.5 Å². The van der Waals surface area contributed by atoms with Crippen LogP contribution in [0.4, 0.5) is 0 Å². The van der Waals surface area contributed by atoms with Gasteiger partial charge in [0, 0.05) is 17.8 Å². The first-order valence-electron chi connectivity index (χ1n) is 5.88. The molecule has 0 saturated heterocycles. The minimum absolute atomic E-state index is 0.452. The van der Waals surface area contributed by atoms with E-state index < -0.39 is 0 Å². The summed E-state index contributed by atoms with van der Waals surface area (Å²) in [7, 11) is 0. The largest absolute Gasteiger partial charge is 0.238 e. The number of rotatable bonds is 3. The van der Waals surface area contributed by atoms with Gasteiger partial charge in [-0.25, -0.2) is 4.68 Å². The van der Waals surface area contributed by atoms with E-state index in [1.165, 1.54) is 18.5 Å². The summed E-state index contributed by atoms with van der Waals surface area (Å²) in [6.07, 6.45) is 4.84. The number of benzene rings is 1. The van der Waals surface area contributed by atoms with Crippen molar-refractivity contribution in [3.05, 3.63) is 47.8 Å². The van der Waals surface area contributed by atoms with Crippen LogP contribution in [0.1, 0.15) is 30.0 Å². The van der Waals surface area contributed by atoms with Gasteiger partial charge in [0.05, 0.1) is 18.2 Å². The van der Waals surface area contributed by atoms with Gasteiger partial charge in [-0.1, -0.05) is 12.1 Å². The Morgan fingerprint density at radius 2 is 2.24 bits per heavy atom. The van der Waals surface area contributed by atoms with Crippen molar-refractivity contribution in [1.82, 2.24) is 9.78 Å². The van der Waals surface area contributed by atoms with E-state index in [0.717, 1.165) is 11.3 Å². The van der Waals surface area contributed by atoms with Crippen LogP contribution in [0.25, 0.3) is 5.69 Å². The Hall–Kier alpha value is -2.08. The van der Waals surface area contributed by atoms with Crippen LogP contribution in [0, 0.1) is 11.3 Å². The first kappa shape index (κ1) is 10.1. The van der Waals surface area contributed by atoms with Gasteiger partial charge >= 0.3 is 0 Å². The Bertz CT molecular complexity index is 573. The van der Waals surface area contributed by atoms with Crippen molar-refractivity contribution in [3.8, 4) is 11.8 Å². The van der Waals surface area contributed by atoms with E-state index in [9.17, 15) is 0 Å². The minimum Gasteiger partial charge on any atom is -0.238 e. The molecule has 1 fully saturated rings. The van der Waals surface area contributed by atoms with Gasteiger partial charge < -0.3 is 0 Å². The summed E-state index contributed by atoms with van der Waals surface area (Å²) >= 11 is 0. The molecule has 0 atom stereocenters. The number of nitriles is 1. The molecule has 0 amide bonds. The Labute approximate surface area is 100 Å². The maximum atomic E-state index is 8.72. The van der Waals surface area contributed by atoms with Crippen LogP contribution in [-0.4, -0.2) is 9.78 Å². The molecule has 1 aromatic heterocycles. The summed E-state index contributed by atoms with van der Waals surface area (Å²) in [5.41, 5.74) is 3.39. The molecule has 0 radical (unpaired) electrons. The molecule has 1 aliphatic rings. The molecular formula is C14H13N3. The van der Waals surface area contributed by atoms with Crippen LogP contribution in [0.3, 0.4) is 0 Å². The second-order valence-electron chi connectivity index (χ2n) is 4.45. The molecule has 1 saturated carbocycles. The Morgan fingerprint density at radius 3 is 3.00 bits per heavy atom. The van der Waals surface area contributed by atoms with E-state index in [4.69, 9.17) is 5.26 Å². The number of nitrogens with zero attached hydrogens (tertiary/aromatic N) is 3. The van der Waals surface area contributed by atoms with Crippen molar-refractivity contribution in [2.75, 3.05) is 0 Å². The second kappa shape index (κ2) is 4.06. The van der Waals surface area contributed by atoms with E-state index in [1.54, 1.807) is 0 Å². The topological polar surface area (TPSA) is 41.6 Å². The zero-order valence-electron chi connectivity index (χ0n) is 9.50. The Kier molecular flexibility index (Phi) is 2.41. The van der Waals surface area contributed by atoms with Crippen molar-refractivity contribution < 1.29 is 0 Å². The van der Waals surface area contributed by atoms with Crippen LogP contribution >= 0.6 is 0 Å². The zero-order chi connectivity index (χ0) is 11.7. The molecule has 84 valence electrons. The van der Waals surface area contributed by atoms with Gasteiger partial charge in [0.15, 0.2) is 0 Å². The number of hydrogen-bond donors (Lipinski definition) is 0. The summed E-state index contributed by atoms with van der Waals surface area (Å²) < 4.78 is 2.00. The predicted molar refractivity (Wildman–Crippen MR) is 64.9 cm³/mol. The van der Waals surface area contributed by atoms with Gasteiger partial charge in [0.25, 0.3) is 0 Å². The highest BCUT2D eigenvalue weighted by molar-refractivity contribution is 5.38. The van der Waals surface area contributed by atoms with E-state index in [-0.39, 0.29) is 0 Å². The normalized spacial score (nSPS) is 14.5. The van der Waals surface area contributed by atoms with Gasteiger partial charge in [0.2, 0.25) is 0 Å². The number of hydrogen-bond acceptors (Lipinski definition) is 2. The molecule has 0 aliphatic heterocycles. The lowest BCUT2D eigenvalue weighted by atomic mass is 10.1. The fraction of sp³-hybridized carbons (Fsp3) is 0.286. The smallest absolute Gasteiger partial charge is 0.0669 e. The Balaban J connectivity index is 2.00. The lowest BCUT2D eigenvalue weighted by Gasteiger charge is -2.07. The van der Waals surface area contributed by atoms with Crippen LogP contribution in [0.2, 0.25) is 0 Å². The summed E-state index contributed by atoms with van der Waals surface area (Å²) in [6.45, 7) is 0. The monoisotopic (exact) mass is 223 g/mol. The average molecular weight is 223 g/mol. The molecule has 1 heterocycles. The molecule has 0 bridgehead atoms. The van der Waals surface area contributed by atoms with Crippen LogP contribution in [-0.2, 0) is 6.42 Å². The minimum atomic E-state index is 0.452. The van der Waals surface area contributed by atoms with E-state index in [2.05, 4.69) is 17.2 Å². The third-order valence-electron chi connectivity index (χ3n) is 3.11. The molecule has 0 unspecified atom stereocenters. The lowest BCUT2D eigenvalue weighted by Crippen LogP contribution is -2.01. The highest BCUT2D eigenvalue weighted by Crippen LogP contribution is 2.40. The lowest BCUT2D eigenvalue weighted by molar-refractivity contribution is 0.807. The van der Waals surface area contributed by atoms with Crippen LogP contribution in [0.5, 0.6) is 0 Å². The van der Waals surface area contributed by atoms with Gasteiger partial charge in [-0.3, -0.25) is 0 Å². The average Bonchev–Trinajstić information content (AvgIpc) is 3.08. The molecule has 3 heteroatoms. The first-order chi connectivity index (χ1) is 8.38. The van der Waals surface area contributed by atoms with E-state index >= 15 is 0 Å². The van der Waals surface area contributed by atoms with Crippen molar-refractivity contribution in [3.63, 3.8) is 0 Å². The quantitative estimate of drug-likeness (QED) is 0.802. The van der Waals surface area contributed by atoms with Gasteiger partial charge in [-0.2, -0.15) is 10.4 Å². The molecule has 3 nitrogen and oxygen atoms in total. The van der Waals surface area contributed by atoms with Crippen LogP contribution < -0.4 is 0 Å². The van der Waals surface area contributed by atoms with Gasteiger partial charge in [0.1, 0.15) is 0 Å². The molecule has 17 heavy (non-hydrogen) atoms. The van der Waals surface area contributed by atoms with Gasteiger partial charge in [-0.05, 0) is 36.6 Å². The molecule has 1 aliphatic carbocycles. The Morgan fingerprint density at radius 1 is 1.35 bits per heavy atom. The van der Waals surface area contributed by atoms with Crippen molar-refractivity contribution in [2.24, 2.45) is 0 Å². The highest BCUT2D eigenvalue weighted by Gasteiger charge is 2.27. The fourth-order valence-corrected chi connectivity index (χ4v) is 2.11. The summed E-state index contributed by atoms with van der Waals surface area (Å²) in [5.74, 6) is 0.678. The molecule has 2 aromatic rings. The predicted octanol–water partition coefficient (Wildman–Crippen LogP) is 2.82. The molecule has 1 aromatic carbocycles. The van der Waals surface area contributed by atoms with E-state index in [1.807, 2.05) is 35.1 Å². The summed E-state index contributed by atoms with van der Waals surface area (Å²) in [4.78, 5) is 0. The fourth-order valence-electron chi connectivity index (χ4n) is 2.11. The highest BCUT2D eigenvalue weighted by atomic mass is 15.3. The third-order valence-corrected chi connectivity index (χ3v) is 3.11. The molecule has 0 spiro atoms. The van der Waals surface area contributed by atoms with Gasteiger partial charge in [-0.15, -0.1) is 0 Å². The van der Waals surface area contributed by atoms with E-state index in [0.29, 0.717) is 12.3 Å². The number of aromatic nitrogens is 2. The van der Waals surface area contributed by atoms with Crippen molar-refractivity contribution in [2.45, 2.75) is 25.2 Å². The SMILES string of the molecule is N#CCc1cccc(-n2nccc2C2CC2)c1. The molecular weight excluding hydrogens is 210 g/mol. The van der Waals surface area contributed by atoms with Crippen molar-refractivity contribution in [1.29, 1.82) is 5.26 Å².